The number of aromatic nitrogens is 1. The van der Waals surface area contributed by atoms with E-state index in [1.165, 1.54) is 6.20 Å². The minimum absolute atomic E-state index is 0.201. The van der Waals surface area contributed by atoms with Gasteiger partial charge in [0.05, 0.1) is 11.9 Å². The van der Waals surface area contributed by atoms with Crippen LogP contribution in [0.1, 0.15) is 32.3 Å². The Morgan fingerprint density at radius 1 is 1.28 bits per heavy atom. The minimum atomic E-state index is -0.270. The summed E-state index contributed by atoms with van der Waals surface area (Å²) in [5.74, 6) is -0.0342. The number of carbonyl (C=O) groups excluding carboxylic acids is 2. The second-order valence-electron chi connectivity index (χ2n) is 5.54. The Balaban J connectivity index is 2.36. The van der Waals surface area contributed by atoms with Crippen molar-refractivity contribution in [3.05, 3.63) is 17.8 Å². The predicted octanol–water partition coefficient (Wildman–Crippen LogP) is 1.65. The van der Waals surface area contributed by atoms with Gasteiger partial charge >= 0.3 is 0 Å². The number of piperidine rings is 1. The minimum Gasteiger partial charge on any atom is -0.397 e. The molecule has 1 fully saturated rings. The third-order valence-electron chi connectivity index (χ3n) is 3.12. The standard InChI is InChI=1S/C13H17N3O2/c1-8-4-10(15-7-9(8)14)16-11(17)5-13(2,3)6-12(16)18/h4,7H,5-6,14H2,1-3H3. The lowest BCUT2D eigenvalue weighted by Crippen LogP contribution is -2.46. The number of amides is 2. The van der Waals surface area contributed by atoms with Crippen LogP contribution in [0.5, 0.6) is 0 Å². The number of hydrogen-bond donors (Lipinski definition) is 1. The number of nitrogens with two attached hydrogens (primary N) is 1. The molecular formula is C13H17N3O2. The van der Waals surface area contributed by atoms with Crippen LogP contribution in [-0.2, 0) is 9.59 Å². The van der Waals surface area contributed by atoms with Crippen LogP contribution in [0.2, 0.25) is 0 Å². The molecule has 18 heavy (non-hydrogen) atoms. The van der Waals surface area contributed by atoms with Crippen molar-refractivity contribution in [2.24, 2.45) is 5.41 Å². The first-order valence-electron chi connectivity index (χ1n) is 5.88. The van der Waals surface area contributed by atoms with Crippen LogP contribution >= 0.6 is 0 Å². The van der Waals surface area contributed by atoms with Gasteiger partial charge < -0.3 is 5.73 Å². The first-order valence-corrected chi connectivity index (χ1v) is 5.88. The quantitative estimate of drug-likeness (QED) is 0.765. The Bertz CT molecular complexity index is 503. The SMILES string of the molecule is Cc1cc(N2C(=O)CC(C)(C)CC2=O)ncc1N. The summed E-state index contributed by atoms with van der Waals surface area (Å²) in [4.78, 5) is 29.3. The summed E-state index contributed by atoms with van der Waals surface area (Å²) in [6.07, 6.45) is 2.18. The van der Waals surface area contributed by atoms with E-state index in [9.17, 15) is 9.59 Å². The summed E-state index contributed by atoms with van der Waals surface area (Å²) < 4.78 is 0. The molecule has 0 radical (unpaired) electrons. The maximum absolute atomic E-state index is 12.1. The molecule has 0 bridgehead atoms. The fourth-order valence-corrected chi connectivity index (χ4v) is 2.11. The summed E-state index contributed by atoms with van der Waals surface area (Å²) in [6, 6.07) is 1.67. The molecule has 2 heterocycles. The van der Waals surface area contributed by atoms with E-state index in [1.54, 1.807) is 6.07 Å². The van der Waals surface area contributed by atoms with Crippen LogP contribution in [-0.4, -0.2) is 16.8 Å². The summed E-state index contributed by atoms with van der Waals surface area (Å²) in [6.45, 7) is 5.66. The molecule has 0 atom stereocenters. The zero-order valence-electron chi connectivity index (χ0n) is 10.9. The van der Waals surface area contributed by atoms with E-state index >= 15 is 0 Å². The molecule has 96 valence electrons. The number of carbonyl (C=O) groups is 2. The first kappa shape index (κ1) is 12.5. The molecule has 5 nitrogen and oxygen atoms in total. The molecule has 2 rings (SSSR count). The Labute approximate surface area is 106 Å². The molecule has 1 aliphatic rings. The number of nitrogen functional groups attached to an aromatic ring is 1. The van der Waals surface area contributed by atoms with Crippen molar-refractivity contribution < 1.29 is 9.59 Å². The number of hydrogen-bond acceptors (Lipinski definition) is 4. The largest absolute Gasteiger partial charge is 0.397 e. The van der Waals surface area contributed by atoms with Gasteiger partial charge in [-0.25, -0.2) is 9.88 Å². The van der Waals surface area contributed by atoms with Gasteiger partial charge in [-0.1, -0.05) is 13.8 Å². The van der Waals surface area contributed by atoms with Crippen LogP contribution in [0, 0.1) is 12.3 Å². The lowest BCUT2D eigenvalue weighted by Gasteiger charge is -2.34. The lowest BCUT2D eigenvalue weighted by atomic mass is 9.82. The van der Waals surface area contributed by atoms with Gasteiger partial charge in [0.2, 0.25) is 11.8 Å². The van der Waals surface area contributed by atoms with E-state index in [0.29, 0.717) is 24.3 Å². The molecule has 1 aromatic heterocycles. The molecule has 0 spiro atoms. The van der Waals surface area contributed by atoms with Crippen LogP contribution in [0.4, 0.5) is 11.5 Å². The highest BCUT2D eigenvalue weighted by Crippen LogP contribution is 2.33. The van der Waals surface area contributed by atoms with Crippen LogP contribution in [0.15, 0.2) is 12.3 Å². The number of anilines is 2. The third kappa shape index (κ3) is 2.20. The molecule has 1 saturated heterocycles. The zero-order chi connectivity index (χ0) is 13.5. The highest BCUT2D eigenvalue weighted by atomic mass is 16.2. The Morgan fingerprint density at radius 3 is 2.33 bits per heavy atom. The van der Waals surface area contributed by atoms with Crippen LogP contribution in [0.25, 0.3) is 0 Å². The zero-order valence-corrected chi connectivity index (χ0v) is 10.9. The third-order valence-corrected chi connectivity index (χ3v) is 3.12. The van der Waals surface area contributed by atoms with Crippen molar-refractivity contribution in [3.8, 4) is 0 Å². The molecule has 2 amide bonds. The number of pyridine rings is 1. The predicted molar refractivity (Wildman–Crippen MR) is 68.9 cm³/mol. The molecule has 0 aromatic carbocycles. The van der Waals surface area contributed by atoms with Crippen molar-refractivity contribution in [1.82, 2.24) is 4.98 Å². The van der Waals surface area contributed by atoms with Crippen molar-refractivity contribution in [3.63, 3.8) is 0 Å². The van der Waals surface area contributed by atoms with E-state index in [0.717, 1.165) is 10.5 Å². The number of nitrogens with zero attached hydrogens (tertiary/aromatic N) is 2. The molecule has 1 aromatic rings. The number of aryl methyl sites for hydroxylation is 1. The monoisotopic (exact) mass is 247 g/mol. The molecule has 0 aliphatic carbocycles. The fraction of sp³-hybridized carbons (Fsp3) is 0.462. The Morgan fingerprint density at radius 2 is 1.83 bits per heavy atom. The van der Waals surface area contributed by atoms with Crippen molar-refractivity contribution in [1.29, 1.82) is 0 Å². The first-order chi connectivity index (χ1) is 8.30. The van der Waals surface area contributed by atoms with Gasteiger partial charge in [-0.3, -0.25) is 9.59 Å². The van der Waals surface area contributed by atoms with Crippen molar-refractivity contribution in [2.45, 2.75) is 33.6 Å². The fourth-order valence-electron chi connectivity index (χ4n) is 2.11. The second-order valence-corrected chi connectivity index (χ2v) is 5.54. The number of rotatable bonds is 1. The summed E-state index contributed by atoms with van der Waals surface area (Å²) in [7, 11) is 0. The summed E-state index contributed by atoms with van der Waals surface area (Å²) in [5.41, 5.74) is 6.77. The van der Waals surface area contributed by atoms with Gasteiger partial charge in [-0.05, 0) is 24.0 Å². The Kier molecular flexibility index (Phi) is 2.84. The Hall–Kier alpha value is -1.91. The van der Waals surface area contributed by atoms with Crippen LogP contribution < -0.4 is 10.6 Å². The average Bonchev–Trinajstić information content (AvgIpc) is 2.20. The van der Waals surface area contributed by atoms with Gasteiger partial charge in [0.1, 0.15) is 5.82 Å². The summed E-state index contributed by atoms with van der Waals surface area (Å²) in [5, 5.41) is 0. The van der Waals surface area contributed by atoms with E-state index in [-0.39, 0.29) is 17.2 Å². The van der Waals surface area contributed by atoms with Gasteiger partial charge in [-0.15, -0.1) is 0 Å². The van der Waals surface area contributed by atoms with Crippen molar-refractivity contribution in [2.75, 3.05) is 10.6 Å². The van der Waals surface area contributed by atoms with Gasteiger partial charge in [0.15, 0.2) is 0 Å². The molecule has 0 unspecified atom stereocenters. The highest BCUT2D eigenvalue weighted by Gasteiger charge is 2.38. The maximum Gasteiger partial charge on any atom is 0.235 e. The molecule has 2 N–H and O–H groups in total. The topological polar surface area (TPSA) is 76.3 Å². The lowest BCUT2D eigenvalue weighted by molar-refractivity contribution is -0.132. The second kappa shape index (κ2) is 4.08. The molecular weight excluding hydrogens is 230 g/mol. The van der Waals surface area contributed by atoms with Gasteiger partial charge in [0, 0.05) is 12.8 Å². The van der Waals surface area contributed by atoms with Gasteiger partial charge in [0.25, 0.3) is 0 Å². The van der Waals surface area contributed by atoms with Crippen LogP contribution in [0.3, 0.4) is 0 Å². The summed E-state index contributed by atoms with van der Waals surface area (Å²) >= 11 is 0. The highest BCUT2D eigenvalue weighted by molar-refractivity contribution is 6.16. The average molecular weight is 247 g/mol. The normalized spacial score (nSPS) is 19.2. The van der Waals surface area contributed by atoms with E-state index in [1.807, 2.05) is 20.8 Å². The van der Waals surface area contributed by atoms with E-state index < -0.39 is 0 Å². The smallest absolute Gasteiger partial charge is 0.235 e. The van der Waals surface area contributed by atoms with Gasteiger partial charge in [-0.2, -0.15) is 0 Å². The van der Waals surface area contributed by atoms with E-state index in [2.05, 4.69) is 4.98 Å². The molecule has 5 heteroatoms. The van der Waals surface area contributed by atoms with Crippen molar-refractivity contribution >= 4 is 23.3 Å². The molecule has 0 saturated carbocycles. The molecule has 1 aliphatic heterocycles. The number of imide groups is 1. The van der Waals surface area contributed by atoms with E-state index in [4.69, 9.17) is 5.73 Å². The maximum atomic E-state index is 12.1.